The highest BCUT2D eigenvalue weighted by Gasteiger charge is 2.15. The lowest BCUT2D eigenvalue weighted by molar-refractivity contribution is 0.134. The summed E-state index contributed by atoms with van der Waals surface area (Å²) in [5.41, 5.74) is 3.35. The summed E-state index contributed by atoms with van der Waals surface area (Å²) in [6.45, 7) is 4.29. The zero-order chi connectivity index (χ0) is 18.3. The summed E-state index contributed by atoms with van der Waals surface area (Å²) in [5, 5.41) is 13.0. The second-order valence-electron chi connectivity index (χ2n) is 6.73. The molecule has 2 heterocycles. The number of aliphatic hydroxyl groups is 1. The molecule has 132 valence electrons. The van der Waals surface area contributed by atoms with Crippen molar-refractivity contribution >= 4 is 21.8 Å². The minimum absolute atomic E-state index is 0.221. The van der Waals surface area contributed by atoms with Gasteiger partial charge in [-0.15, -0.1) is 0 Å². The van der Waals surface area contributed by atoms with Crippen molar-refractivity contribution in [2.75, 3.05) is 0 Å². The third kappa shape index (κ3) is 2.80. The van der Waals surface area contributed by atoms with Crippen molar-refractivity contribution in [1.82, 2.24) is 14.1 Å². The summed E-state index contributed by atoms with van der Waals surface area (Å²) in [6.07, 6.45) is -0.699. The molecule has 4 aromatic rings. The van der Waals surface area contributed by atoms with E-state index in [1.807, 2.05) is 37.3 Å². The number of hydrogen-bond acceptors (Lipinski definition) is 3. The van der Waals surface area contributed by atoms with Gasteiger partial charge in [-0.05, 0) is 32.0 Å². The third-order valence-corrected chi connectivity index (χ3v) is 4.81. The van der Waals surface area contributed by atoms with Crippen LogP contribution >= 0.6 is 0 Å². The first kappa shape index (κ1) is 16.5. The highest BCUT2D eigenvalue weighted by molar-refractivity contribution is 6.07. The zero-order valence-corrected chi connectivity index (χ0v) is 14.9. The maximum Gasteiger partial charge on any atom is 0.348 e. The van der Waals surface area contributed by atoms with Gasteiger partial charge in [-0.1, -0.05) is 36.4 Å². The van der Waals surface area contributed by atoms with Gasteiger partial charge in [0, 0.05) is 33.2 Å². The molecule has 0 aliphatic rings. The molecule has 26 heavy (non-hydrogen) atoms. The highest BCUT2D eigenvalue weighted by Crippen LogP contribution is 2.28. The van der Waals surface area contributed by atoms with Crippen molar-refractivity contribution in [2.24, 2.45) is 0 Å². The van der Waals surface area contributed by atoms with Crippen molar-refractivity contribution in [3.63, 3.8) is 0 Å². The van der Waals surface area contributed by atoms with E-state index in [4.69, 9.17) is 0 Å². The minimum Gasteiger partial charge on any atom is -0.389 e. The average molecular weight is 347 g/mol. The largest absolute Gasteiger partial charge is 0.389 e. The molecule has 0 fully saturated rings. The Hall–Kier alpha value is -2.92. The Balaban J connectivity index is 1.72. The van der Waals surface area contributed by atoms with E-state index in [1.54, 1.807) is 6.92 Å². The van der Waals surface area contributed by atoms with Gasteiger partial charge in [0.1, 0.15) is 0 Å². The van der Waals surface area contributed by atoms with Crippen LogP contribution in [0.15, 0.2) is 59.4 Å². The lowest BCUT2D eigenvalue weighted by atomic mass is 10.2. The second kappa shape index (κ2) is 6.42. The molecule has 4 rings (SSSR count). The van der Waals surface area contributed by atoms with E-state index in [-0.39, 0.29) is 12.2 Å². The number of hydrogen-bond donors (Lipinski definition) is 1. The van der Waals surface area contributed by atoms with Crippen LogP contribution in [-0.2, 0) is 13.1 Å². The first-order valence-electron chi connectivity index (χ1n) is 8.73. The quantitative estimate of drug-likeness (QED) is 0.617. The van der Waals surface area contributed by atoms with Crippen molar-refractivity contribution < 1.29 is 5.11 Å². The molecule has 2 aromatic heterocycles. The first-order valence-corrected chi connectivity index (χ1v) is 8.73. The molecular weight excluding hydrogens is 326 g/mol. The van der Waals surface area contributed by atoms with E-state index in [0.717, 1.165) is 16.7 Å². The van der Waals surface area contributed by atoms with Crippen LogP contribution in [0.1, 0.15) is 11.4 Å². The molecule has 1 N–H and O–H groups in total. The van der Waals surface area contributed by atoms with Crippen LogP contribution in [0.2, 0.25) is 0 Å². The van der Waals surface area contributed by atoms with Crippen molar-refractivity contribution in [3.8, 4) is 0 Å². The maximum atomic E-state index is 12.2. The number of benzene rings is 2. The summed E-state index contributed by atoms with van der Waals surface area (Å²) in [4.78, 5) is 16.1. The van der Waals surface area contributed by atoms with Crippen LogP contribution in [0.25, 0.3) is 21.8 Å². The topological polar surface area (TPSA) is 60.0 Å². The van der Waals surface area contributed by atoms with Gasteiger partial charge in [-0.2, -0.15) is 4.98 Å². The molecule has 2 aromatic carbocycles. The molecule has 0 saturated carbocycles. The Labute approximate surface area is 151 Å². The Morgan fingerprint density at radius 1 is 0.923 bits per heavy atom. The van der Waals surface area contributed by atoms with Crippen LogP contribution in [0.4, 0.5) is 0 Å². The normalized spacial score (nSPS) is 12.7. The van der Waals surface area contributed by atoms with Gasteiger partial charge >= 0.3 is 5.69 Å². The first-order chi connectivity index (χ1) is 12.5. The molecule has 5 heteroatoms. The fourth-order valence-electron chi connectivity index (χ4n) is 3.68. The molecule has 1 atom stereocenters. The van der Waals surface area contributed by atoms with Crippen LogP contribution in [0.3, 0.4) is 0 Å². The molecule has 0 aliphatic carbocycles. The number of aromatic nitrogens is 3. The molecule has 0 saturated heterocycles. The van der Waals surface area contributed by atoms with E-state index in [1.165, 1.54) is 15.3 Å². The van der Waals surface area contributed by atoms with E-state index in [9.17, 15) is 9.90 Å². The maximum absolute atomic E-state index is 12.2. The second-order valence-corrected chi connectivity index (χ2v) is 6.73. The standard InChI is InChI=1S/C21H21N3O2/c1-14-11-15(2)23(21(26)22-14)12-16(25)13-24-19-9-5-3-7-17(19)18-8-4-6-10-20(18)24/h3-11,16,25H,12-13H2,1-2H3/t16-/m1/s1. The SMILES string of the molecule is Cc1cc(C)n(C[C@@H](O)Cn2c3ccccc3c3ccccc32)c(=O)n1. The smallest absolute Gasteiger partial charge is 0.348 e. The van der Waals surface area contributed by atoms with Crippen molar-refractivity contribution in [1.29, 1.82) is 0 Å². The van der Waals surface area contributed by atoms with Crippen LogP contribution in [0.5, 0.6) is 0 Å². The number of para-hydroxylation sites is 2. The molecule has 0 amide bonds. The molecule has 0 spiro atoms. The van der Waals surface area contributed by atoms with Crippen molar-refractivity contribution in [2.45, 2.75) is 33.0 Å². The summed E-state index contributed by atoms with van der Waals surface area (Å²) < 4.78 is 3.66. The third-order valence-electron chi connectivity index (χ3n) is 4.81. The van der Waals surface area contributed by atoms with Gasteiger partial charge in [0.15, 0.2) is 0 Å². The monoisotopic (exact) mass is 347 g/mol. The van der Waals surface area contributed by atoms with Crippen LogP contribution < -0.4 is 5.69 Å². The summed E-state index contributed by atoms with van der Waals surface area (Å²) in [6, 6.07) is 18.2. The zero-order valence-electron chi connectivity index (χ0n) is 14.9. The van der Waals surface area contributed by atoms with E-state index in [0.29, 0.717) is 12.2 Å². The minimum atomic E-state index is -0.699. The van der Waals surface area contributed by atoms with Crippen molar-refractivity contribution in [3.05, 3.63) is 76.5 Å². The van der Waals surface area contributed by atoms with Gasteiger partial charge < -0.3 is 9.67 Å². The Morgan fingerprint density at radius 3 is 2.04 bits per heavy atom. The number of aliphatic hydroxyl groups excluding tert-OH is 1. The highest BCUT2D eigenvalue weighted by atomic mass is 16.3. The number of aryl methyl sites for hydroxylation is 2. The van der Waals surface area contributed by atoms with Gasteiger partial charge in [0.2, 0.25) is 0 Å². The Bertz CT molecular complexity index is 1100. The molecular formula is C21H21N3O2. The molecule has 5 nitrogen and oxygen atoms in total. The molecule has 0 unspecified atom stereocenters. The Morgan fingerprint density at radius 2 is 1.46 bits per heavy atom. The van der Waals surface area contributed by atoms with E-state index >= 15 is 0 Å². The van der Waals surface area contributed by atoms with Gasteiger partial charge in [-0.25, -0.2) is 4.79 Å². The van der Waals surface area contributed by atoms with E-state index < -0.39 is 6.10 Å². The molecule has 0 radical (unpaired) electrons. The van der Waals surface area contributed by atoms with Gasteiger partial charge in [0.05, 0.1) is 19.2 Å². The van der Waals surface area contributed by atoms with Crippen LogP contribution in [-0.4, -0.2) is 25.3 Å². The number of rotatable bonds is 4. The fraction of sp³-hybridized carbons (Fsp3) is 0.238. The molecule has 0 bridgehead atoms. The summed E-state index contributed by atoms with van der Waals surface area (Å²) in [7, 11) is 0. The number of nitrogens with zero attached hydrogens (tertiary/aromatic N) is 3. The summed E-state index contributed by atoms with van der Waals surface area (Å²) >= 11 is 0. The van der Waals surface area contributed by atoms with Crippen LogP contribution in [0, 0.1) is 13.8 Å². The lowest BCUT2D eigenvalue weighted by Crippen LogP contribution is -2.32. The Kier molecular flexibility index (Phi) is 4.09. The van der Waals surface area contributed by atoms with Gasteiger partial charge in [-0.3, -0.25) is 4.57 Å². The summed E-state index contributed by atoms with van der Waals surface area (Å²) in [5.74, 6) is 0. The predicted octanol–water partition coefficient (Wildman–Crippen LogP) is 3.03. The fourth-order valence-corrected chi connectivity index (χ4v) is 3.68. The lowest BCUT2D eigenvalue weighted by Gasteiger charge is -2.17. The average Bonchev–Trinajstić information content (AvgIpc) is 2.93. The van der Waals surface area contributed by atoms with Gasteiger partial charge in [0.25, 0.3) is 0 Å². The number of fused-ring (bicyclic) bond motifs is 3. The van der Waals surface area contributed by atoms with E-state index in [2.05, 4.69) is 33.8 Å². The molecule has 0 aliphatic heterocycles. The predicted molar refractivity (Wildman–Crippen MR) is 103 cm³/mol.